The molecule has 2 aromatic rings. The Morgan fingerprint density at radius 2 is 2.11 bits per heavy atom. The Morgan fingerprint density at radius 3 is 2.79 bits per heavy atom. The van der Waals surface area contributed by atoms with E-state index >= 15 is 0 Å². The van der Waals surface area contributed by atoms with Gasteiger partial charge in [0.05, 0.1) is 0 Å². The van der Waals surface area contributed by atoms with Crippen LogP contribution in [0.5, 0.6) is 0 Å². The normalized spacial score (nSPS) is 23.8. The first-order valence-electron chi connectivity index (χ1n) is 7.13. The molecular weight excluding hydrogens is 252 g/mol. The van der Waals surface area contributed by atoms with Crippen molar-refractivity contribution in [3.63, 3.8) is 0 Å². The third-order valence-corrected chi connectivity index (χ3v) is 5.69. The van der Waals surface area contributed by atoms with Crippen LogP contribution in [0.4, 0.5) is 0 Å². The van der Waals surface area contributed by atoms with E-state index in [1.807, 2.05) is 11.3 Å². The van der Waals surface area contributed by atoms with Gasteiger partial charge in [0.25, 0.3) is 0 Å². The molecule has 0 radical (unpaired) electrons. The van der Waals surface area contributed by atoms with Crippen LogP contribution < -0.4 is 5.73 Å². The highest BCUT2D eigenvalue weighted by Crippen LogP contribution is 2.35. The van der Waals surface area contributed by atoms with Crippen molar-refractivity contribution in [3.05, 3.63) is 35.2 Å². The fraction of sp³-hybridized carbons (Fsp3) is 0.500. The van der Waals surface area contributed by atoms with E-state index < -0.39 is 0 Å². The fourth-order valence-corrected chi connectivity index (χ4v) is 4.14. The Hall–Kier alpha value is -0.900. The molecule has 0 spiro atoms. The Bertz CT molecular complexity index is 528. The molecule has 1 saturated heterocycles. The van der Waals surface area contributed by atoms with Gasteiger partial charge in [-0.05, 0) is 50.2 Å². The van der Waals surface area contributed by atoms with E-state index in [-0.39, 0.29) is 0 Å². The van der Waals surface area contributed by atoms with Crippen molar-refractivity contribution < 1.29 is 0 Å². The van der Waals surface area contributed by atoms with E-state index in [1.165, 1.54) is 27.9 Å². The summed E-state index contributed by atoms with van der Waals surface area (Å²) in [7, 11) is 0. The number of hydrogen-bond acceptors (Lipinski definition) is 3. The molecule has 0 saturated carbocycles. The molecule has 1 aromatic heterocycles. The van der Waals surface area contributed by atoms with Crippen molar-refractivity contribution in [3.8, 4) is 0 Å². The maximum absolute atomic E-state index is 6.04. The second-order valence-corrected chi connectivity index (χ2v) is 6.88. The topological polar surface area (TPSA) is 29.3 Å². The minimum absolute atomic E-state index is 0.319. The molecule has 2 N–H and O–H groups in total. The predicted octanol–water partition coefficient (Wildman–Crippen LogP) is 3.63. The number of thiophene rings is 1. The first kappa shape index (κ1) is 13.1. The highest BCUT2D eigenvalue weighted by atomic mass is 32.1. The summed E-state index contributed by atoms with van der Waals surface area (Å²) in [5, 5.41) is 1.37. The maximum Gasteiger partial charge on any atom is 0.0413 e. The number of likely N-dealkylation sites (tertiary alicyclic amines) is 1. The third-order valence-electron chi connectivity index (χ3n) is 4.40. The van der Waals surface area contributed by atoms with Crippen molar-refractivity contribution in [2.24, 2.45) is 11.7 Å². The average molecular weight is 274 g/mol. The highest BCUT2D eigenvalue weighted by molar-refractivity contribution is 7.19. The van der Waals surface area contributed by atoms with E-state index in [0.29, 0.717) is 18.0 Å². The summed E-state index contributed by atoms with van der Waals surface area (Å²) in [4.78, 5) is 4.06. The van der Waals surface area contributed by atoms with Crippen LogP contribution in [-0.2, 0) is 0 Å². The van der Waals surface area contributed by atoms with Gasteiger partial charge in [0, 0.05) is 28.2 Å². The molecule has 3 unspecified atom stereocenters. The molecule has 1 aliphatic heterocycles. The van der Waals surface area contributed by atoms with Gasteiger partial charge in [-0.1, -0.05) is 18.2 Å². The summed E-state index contributed by atoms with van der Waals surface area (Å²) >= 11 is 1.93. The summed E-state index contributed by atoms with van der Waals surface area (Å²) in [6, 6.07) is 11.8. The van der Waals surface area contributed by atoms with Crippen LogP contribution in [0.1, 0.15) is 31.2 Å². The lowest BCUT2D eigenvalue weighted by atomic mass is 10.0. The minimum atomic E-state index is 0.319. The Kier molecular flexibility index (Phi) is 3.61. The monoisotopic (exact) mass is 274 g/mol. The largest absolute Gasteiger partial charge is 0.328 e. The summed E-state index contributed by atoms with van der Waals surface area (Å²) in [5.41, 5.74) is 6.04. The predicted molar refractivity (Wildman–Crippen MR) is 83.6 cm³/mol. The van der Waals surface area contributed by atoms with Crippen molar-refractivity contribution >= 4 is 21.4 Å². The first-order valence-corrected chi connectivity index (χ1v) is 7.95. The smallest absolute Gasteiger partial charge is 0.0413 e. The Balaban J connectivity index is 1.78. The van der Waals surface area contributed by atoms with Crippen molar-refractivity contribution in [2.75, 3.05) is 13.1 Å². The molecule has 1 fully saturated rings. The molecule has 1 aromatic carbocycles. The van der Waals surface area contributed by atoms with Crippen molar-refractivity contribution in [2.45, 2.75) is 32.4 Å². The van der Waals surface area contributed by atoms with E-state index in [0.717, 1.165) is 6.54 Å². The minimum Gasteiger partial charge on any atom is -0.328 e. The number of hydrogen-bond donors (Lipinski definition) is 1. The zero-order valence-electron chi connectivity index (χ0n) is 11.7. The quantitative estimate of drug-likeness (QED) is 0.926. The molecule has 1 aliphatic rings. The summed E-state index contributed by atoms with van der Waals surface area (Å²) in [5.74, 6) is 0.664. The Morgan fingerprint density at radius 1 is 1.32 bits per heavy atom. The van der Waals surface area contributed by atoms with Gasteiger partial charge in [0.2, 0.25) is 0 Å². The molecule has 2 nitrogen and oxygen atoms in total. The van der Waals surface area contributed by atoms with E-state index in [1.54, 1.807) is 0 Å². The third kappa shape index (κ3) is 2.55. The van der Waals surface area contributed by atoms with Crippen molar-refractivity contribution in [1.29, 1.82) is 0 Å². The molecule has 2 heterocycles. The van der Waals surface area contributed by atoms with Gasteiger partial charge in [-0.3, -0.25) is 4.90 Å². The van der Waals surface area contributed by atoms with E-state index in [9.17, 15) is 0 Å². The van der Waals surface area contributed by atoms with Crippen LogP contribution in [0, 0.1) is 5.92 Å². The number of rotatable bonds is 3. The summed E-state index contributed by atoms with van der Waals surface area (Å²) in [6.07, 6.45) is 1.24. The van der Waals surface area contributed by atoms with Gasteiger partial charge in [-0.15, -0.1) is 11.3 Å². The standard InChI is InChI=1S/C16H22N2S/c1-11(17)14-7-8-18(10-14)12(2)16-9-13-5-3-4-6-15(13)19-16/h3-6,9,11-12,14H,7-8,10,17H2,1-2H3. The number of nitrogens with zero attached hydrogens (tertiary/aromatic N) is 1. The molecule has 19 heavy (non-hydrogen) atoms. The van der Waals surface area contributed by atoms with Crippen molar-refractivity contribution in [1.82, 2.24) is 4.90 Å². The number of fused-ring (bicyclic) bond motifs is 1. The molecule has 3 heteroatoms. The van der Waals surface area contributed by atoms with Crippen LogP contribution in [0.15, 0.2) is 30.3 Å². The van der Waals surface area contributed by atoms with Gasteiger partial charge in [-0.2, -0.15) is 0 Å². The van der Waals surface area contributed by atoms with Gasteiger partial charge < -0.3 is 5.73 Å². The number of nitrogens with two attached hydrogens (primary N) is 1. The fourth-order valence-electron chi connectivity index (χ4n) is 2.98. The molecule has 102 valence electrons. The van der Waals surface area contributed by atoms with E-state index in [4.69, 9.17) is 5.73 Å². The summed E-state index contributed by atoms with van der Waals surface area (Å²) in [6.45, 7) is 6.79. The second-order valence-electron chi connectivity index (χ2n) is 5.77. The van der Waals surface area contributed by atoms with Gasteiger partial charge >= 0.3 is 0 Å². The molecular formula is C16H22N2S. The van der Waals surface area contributed by atoms with Crippen LogP contribution in [-0.4, -0.2) is 24.0 Å². The zero-order chi connectivity index (χ0) is 13.4. The van der Waals surface area contributed by atoms with Crippen LogP contribution in [0.25, 0.3) is 10.1 Å². The summed E-state index contributed by atoms with van der Waals surface area (Å²) < 4.78 is 1.40. The lowest BCUT2D eigenvalue weighted by Crippen LogP contribution is -2.30. The molecule has 3 rings (SSSR count). The molecule has 0 amide bonds. The average Bonchev–Trinajstić information content (AvgIpc) is 3.04. The Labute approximate surface area is 119 Å². The van der Waals surface area contributed by atoms with Crippen LogP contribution in [0.3, 0.4) is 0 Å². The molecule has 0 bridgehead atoms. The van der Waals surface area contributed by atoms with Gasteiger partial charge in [-0.25, -0.2) is 0 Å². The van der Waals surface area contributed by atoms with Crippen LogP contribution >= 0.6 is 11.3 Å². The first-order chi connectivity index (χ1) is 9.15. The maximum atomic E-state index is 6.04. The number of benzene rings is 1. The SMILES string of the molecule is CC(N)C1CCN(C(C)c2cc3ccccc3s2)C1. The molecule has 0 aliphatic carbocycles. The van der Waals surface area contributed by atoms with Gasteiger partial charge in [0.1, 0.15) is 0 Å². The highest BCUT2D eigenvalue weighted by Gasteiger charge is 2.29. The zero-order valence-corrected chi connectivity index (χ0v) is 12.5. The van der Waals surface area contributed by atoms with E-state index in [2.05, 4.69) is 49.1 Å². The lowest BCUT2D eigenvalue weighted by Gasteiger charge is -2.24. The van der Waals surface area contributed by atoms with Crippen LogP contribution in [0.2, 0.25) is 0 Å². The lowest BCUT2D eigenvalue weighted by molar-refractivity contribution is 0.251. The second kappa shape index (κ2) is 5.23. The van der Waals surface area contributed by atoms with Gasteiger partial charge in [0.15, 0.2) is 0 Å². The molecule has 3 atom stereocenters.